The van der Waals surface area contributed by atoms with Crippen molar-refractivity contribution in [1.82, 2.24) is 14.8 Å². The van der Waals surface area contributed by atoms with Gasteiger partial charge in [0.1, 0.15) is 0 Å². The van der Waals surface area contributed by atoms with Gasteiger partial charge in [0.2, 0.25) is 0 Å². The minimum atomic E-state index is 0.664. The second kappa shape index (κ2) is 8.07. The maximum Gasteiger partial charge on any atom is 0.0456 e. The van der Waals surface area contributed by atoms with Crippen LogP contribution in [0.4, 0.5) is 0 Å². The number of likely N-dealkylation sites (N-methyl/N-ethyl adjacent to an activating group) is 1. The van der Waals surface area contributed by atoms with Crippen LogP contribution in [-0.2, 0) is 13.0 Å². The van der Waals surface area contributed by atoms with E-state index in [1.807, 2.05) is 0 Å². The van der Waals surface area contributed by atoms with Crippen LogP contribution in [0, 0.1) is 0 Å². The molecule has 2 heterocycles. The molecule has 1 N–H and O–H groups in total. The van der Waals surface area contributed by atoms with E-state index in [2.05, 4.69) is 82.5 Å². The third-order valence-corrected chi connectivity index (χ3v) is 5.68. The molecule has 26 heavy (non-hydrogen) atoms. The fraction of sp³-hybridized carbons (Fsp3) is 0.391. The van der Waals surface area contributed by atoms with Crippen LogP contribution in [0.15, 0.2) is 60.7 Å². The van der Waals surface area contributed by atoms with E-state index in [1.165, 1.54) is 48.1 Å². The Labute approximate surface area is 156 Å². The first kappa shape index (κ1) is 17.3. The van der Waals surface area contributed by atoms with Gasteiger partial charge in [-0.2, -0.15) is 0 Å². The van der Waals surface area contributed by atoms with Crippen molar-refractivity contribution in [3.05, 3.63) is 71.9 Å². The Morgan fingerprint density at radius 1 is 1.08 bits per heavy atom. The number of nitrogens with zero attached hydrogens (tertiary/aromatic N) is 2. The Morgan fingerprint density at radius 3 is 2.73 bits per heavy atom. The smallest absolute Gasteiger partial charge is 0.0456 e. The maximum absolute atomic E-state index is 3.58. The van der Waals surface area contributed by atoms with Gasteiger partial charge in [-0.3, -0.25) is 4.90 Å². The van der Waals surface area contributed by atoms with E-state index in [9.17, 15) is 0 Å². The number of para-hydroxylation sites is 1. The van der Waals surface area contributed by atoms with Gasteiger partial charge in [0.25, 0.3) is 0 Å². The summed E-state index contributed by atoms with van der Waals surface area (Å²) >= 11 is 0. The van der Waals surface area contributed by atoms with Crippen LogP contribution in [-0.4, -0.2) is 47.5 Å². The Bertz CT molecular complexity index is 791. The molecule has 0 radical (unpaired) electrons. The van der Waals surface area contributed by atoms with Crippen LogP contribution in [0.2, 0.25) is 0 Å². The molecule has 4 rings (SSSR count). The van der Waals surface area contributed by atoms with E-state index in [0.29, 0.717) is 6.04 Å². The molecule has 1 aliphatic rings. The van der Waals surface area contributed by atoms with E-state index in [-0.39, 0.29) is 0 Å². The van der Waals surface area contributed by atoms with Gasteiger partial charge in [-0.15, -0.1) is 0 Å². The lowest BCUT2D eigenvalue weighted by atomic mass is 10.0. The number of aromatic nitrogens is 1. The maximum atomic E-state index is 3.58. The van der Waals surface area contributed by atoms with Gasteiger partial charge in [-0.1, -0.05) is 48.5 Å². The molecule has 0 amide bonds. The fourth-order valence-electron chi connectivity index (χ4n) is 4.13. The first-order valence-electron chi connectivity index (χ1n) is 9.81. The van der Waals surface area contributed by atoms with Crippen molar-refractivity contribution in [2.75, 3.05) is 26.7 Å². The number of piperidine rings is 1. The van der Waals surface area contributed by atoms with Crippen molar-refractivity contribution in [3.8, 4) is 0 Å². The van der Waals surface area contributed by atoms with Gasteiger partial charge >= 0.3 is 0 Å². The van der Waals surface area contributed by atoms with Crippen molar-refractivity contribution in [2.45, 2.75) is 31.8 Å². The quantitative estimate of drug-likeness (QED) is 0.718. The topological polar surface area (TPSA) is 22.3 Å². The van der Waals surface area contributed by atoms with Gasteiger partial charge in [0.05, 0.1) is 0 Å². The molecule has 0 saturated carbocycles. The van der Waals surface area contributed by atoms with Gasteiger partial charge in [0.15, 0.2) is 0 Å². The zero-order valence-electron chi connectivity index (χ0n) is 15.7. The summed E-state index contributed by atoms with van der Waals surface area (Å²) in [7, 11) is 2.29. The lowest BCUT2D eigenvalue weighted by Crippen LogP contribution is -2.46. The number of likely N-dealkylation sites (tertiary alicyclic amines) is 1. The summed E-state index contributed by atoms with van der Waals surface area (Å²) < 4.78 is 0. The number of rotatable bonds is 6. The van der Waals surface area contributed by atoms with Crippen LogP contribution < -0.4 is 0 Å². The van der Waals surface area contributed by atoms with E-state index in [4.69, 9.17) is 0 Å². The number of hydrogen-bond donors (Lipinski definition) is 1. The Morgan fingerprint density at radius 2 is 1.88 bits per heavy atom. The average molecular weight is 348 g/mol. The molecule has 1 unspecified atom stereocenters. The lowest BCUT2D eigenvalue weighted by molar-refractivity contribution is 0.111. The number of hydrogen-bond acceptors (Lipinski definition) is 2. The number of fused-ring (bicyclic) bond motifs is 1. The predicted molar refractivity (Wildman–Crippen MR) is 109 cm³/mol. The number of H-pyrrole nitrogens is 1. The number of benzene rings is 2. The third kappa shape index (κ3) is 4.17. The molecule has 3 heteroatoms. The zero-order valence-corrected chi connectivity index (χ0v) is 15.7. The summed E-state index contributed by atoms with van der Waals surface area (Å²) in [5, 5.41) is 1.32. The largest absolute Gasteiger partial charge is 0.357 e. The highest BCUT2D eigenvalue weighted by Crippen LogP contribution is 2.20. The molecule has 1 atom stereocenters. The average Bonchev–Trinajstić information content (AvgIpc) is 3.09. The predicted octanol–water partition coefficient (Wildman–Crippen LogP) is 4.31. The minimum Gasteiger partial charge on any atom is -0.357 e. The molecule has 1 aromatic heterocycles. The summed E-state index contributed by atoms with van der Waals surface area (Å²) in [5.41, 5.74) is 4.01. The van der Waals surface area contributed by atoms with Crippen LogP contribution >= 0.6 is 0 Å². The molecule has 1 saturated heterocycles. The summed E-state index contributed by atoms with van der Waals surface area (Å²) in [6, 6.07) is 22.4. The number of nitrogens with one attached hydrogen (secondary N) is 1. The van der Waals surface area contributed by atoms with Gasteiger partial charge in [0, 0.05) is 36.9 Å². The van der Waals surface area contributed by atoms with E-state index >= 15 is 0 Å². The SMILES string of the molecule is CN(CCc1ccccc1)C1CCCN(Cc2cc3ccccc3[nH]2)C1. The molecular weight excluding hydrogens is 318 g/mol. The van der Waals surface area contributed by atoms with E-state index < -0.39 is 0 Å². The van der Waals surface area contributed by atoms with Crippen molar-refractivity contribution in [1.29, 1.82) is 0 Å². The molecule has 0 bridgehead atoms. The molecule has 2 aromatic carbocycles. The zero-order chi connectivity index (χ0) is 17.8. The molecule has 0 aliphatic carbocycles. The first-order chi connectivity index (χ1) is 12.8. The number of aromatic amines is 1. The highest BCUT2D eigenvalue weighted by atomic mass is 15.2. The molecule has 3 aromatic rings. The highest BCUT2D eigenvalue weighted by Gasteiger charge is 2.23. The van der Waals surface area contributed by atoms with Crippen molar-refractivity contribution >= 4 is 10.9 Å². The van der Waals surface area contributed by atoms with Crippen LogP contribution in [0.25, 0.3) is 10.9 Å². The monoisotopic (exact) mass is 347 g/mol. The van der Waals surface area contributed by atoms with E-state index in [1.54, 1.807) is 0 Å². The molecule has 0 spiro atoms. The first-order valence-corrected chi connectivity index (χ1v) is 9.81. The molecule has 3 nitrogen and oxygen atoms in total. The molecule has 1 fully saturated rings. The van der Waals surface area contributed by atoms with Crippen molar-refractivity contribution in [3.63, 3.8) is 0 Å². The second-order valence-electron chi connectivity index (χ2n) is 7.63. The molecule has 136 valence electrons. The van der Waals surface area contributed by atoms with Crippen molar-refractivity contribution < 1.29 is 0 Å². The summed E-state index contributed by atoms with van der Waals surface area (Å²) in [4.78, 5) is 8.75. The molecule has 1 aliphatic heterocycles. The fourth-order valence-corrected chi connectivity index (χ4v) is 4.13. The van der Waals surface area contributed by atoms with Crippen LogP contribution in [0.5, 0.6) is 0 Å². The van der Waals surface area contributed by atoms with Gasteiger partial charge in [-0.05, 0) is 55.9 Å². The third-order valence-electron chi connectivity index (χ3n) is 5.68. The van der Waals surface area contributed by atoms with Crippen LogP contribution in [0.3, 0.4) is 0 Å². The standard InChI is InChI=1S/C23H29N3/c1-25(15-13-19-8-3-2-4-9-19)22-11-7-14-26(18-22)17-21-16-20-10-5-6-12-23(20)24-21/h2-6,8-10,12,16,22,24H,7,11,13-15,17-18H2,1H3. The second-order valence-corrected chi connectivity index (χ2v) is 7.63. The summed E-state index contributed by atoms with van der Waals surface area (Å²) in [5.74, 6) is 0. The Kier molecular flexibility index (Phi) is 5.37. The lowest BCUT2D eigenvalue weighted by Gasteiger charge is -2.37. The normalized spacial score (nSPS) is 18.6. The summed E-state index contributed by atoms with van der Waals surface area (Å²) in [6.07, 6.45) is 3.74. The summed E-state index contributed by atoms with van der Waals surface area (Å²) in [6.45, 7) is 4.53. The minimum absolute atomic E-state index is 0.664. The van der Waals surface area contributed by atoms with Crippen molar-refractivity contribution in [2.24, 2.45) is 0 Å². The van der Waals surface area contributed by atoms with Crippen LogP contribution in [0.1, 0.15) is 24.1 Å². The van der Waals surface area contributed by atoms with Gasteiger partial charge in [-0.25, -0.2) is 0 Å². The van der Waals surface area contributed by atoms with E-state index in [0.717, 1.165) is 19.5 Å². The Hall–Kier alpha value is -2.10. The van der Waals surface area contributed by atoms with Gasteiger partial charge < -0.3 is 9.88 Å². The highest BCUT2D eigenvalue weighted by molar-refractivity contribution is 5.80. The molecular formula is C23H29N3. The Balaban J connectivity index is 1.33.